The molecule has 1 aromatic carbocycles. The molecular weight excluding hydrogens is 249 g/mol. The summed E-state index contributed by atoms with van der Waals surface area (Å²) >= 11 is 7.17. The van der Waals surface area contributed by atoms with Crippen LogP contribution in [0.2, 0.25) is 5.02 Å². The van der Waals surface area contributed by atoms with E-state index < -0.39 is 0 Å². The fourth-order valence-corrected chi connectivity index (χ4v) is 2.41. The molecule has 84 valence electrons. The first-order valence-electron chi connectivity index (χ1n) is 4.71. The number of aromatic nitrogens is 1. The van der Waals surface area contributed by atoms with Crippen molar-refractivity contribution in [3.63, 3.8) is 0 Å². The smallest absolute Gasteiger partial charge is 0.133 e. The van der Waals surface area contributed by atoms with E-state index in [4.69, 9.17) is 16.7 Å². The lowest BCUT2D eigenvalue weighted by Gasteiger charge is -1.99. The van der Waals surface area contributed by atoms with Crippen molar-refractivity contribution in [2.45, 2.75) is 6.42 Å². The van der Waals surface area contributed by atoms with Crippen LogP contribution in [0.3, 0.4) is 0 Å². The Kier molecular flexibility index (Phi) is 3.53. The van der Waals surface area contributed by atoms with Crippen molar-refractivity contribution >= 4 is 22.9 Å². The van der Waals surface area contributed by atoms with Crippen molar-refractivity contribution in [2.24, 2.45) is 0 Å². The summed E-state index contributed by atoms with van der Waals surface area (Å²) < 4.78 is 13.5. The van der Waals surface area contributed by atoms with Gasteiger partial charge in [-0.15, -0.1) is 11.3 Å². The van der Waals surface area contributed by atoms with E-state index >= 15 is 0 Å². The van der Waals surface area contributed by atoms with E-state index in [-0.39, 0.29) is 12.4 Å². The Morgan fingerprint density at radius 2 is 2.25 bits per heavy atom. The predicted octanol–water partition coefficient (Wildman–Crippen LogP) is 3.14. The molecule has 2 aromatic rings. The molecule has 0 atom stereocenters. The highest BCUT2D eigenvalue weighted by Crippen LogP contribution is 2.29. The maximum Gasteiger partial charge on any atom is 0.133 e. The van der Waals surface area contributed by atoms with Crippen LogP contribution in [0.25, 0.3) is 10.6 Å². The van der Waals surface area contributed by atoms with Gasteiger partial charge in [-0.25, -0.2) is 9.37 Å². The van der Waals surface area contributed by atoms with Gasteiger partial charge in [0.05, 0.1) is 0 Å². The van der Waals surface area contributed by atoms with Crippen LogP contribution in [0.1, 0.15) is 4.88 Å². The number of halogens is 2. The van der Waals surface area contributed by atoms with Gasteiger partial charge in [-0.2, -0.15) is 0 Å². The van der Waals surface area contributed by atoms with Gasteiger partial charge in [0.25, 0.3) is 0 Å². The van der Waals surface area contributed by atoms with Crippen LogP contribution in [0.5, 0.6) is 0 Å². The van der Waals surface area contributed by atoms with Crippen LogP contribution in [-0.4, -0.2) is 16.7 Å². The number of hydrogen-bond donors (Lipinski definition) is 1. The zero-order valence-electron chi connectivity index (χ0n) is 8.28. The molecule has 0 aliphatic carbocycles. The quantitative estimate of drug-likeness (QED) is 0.916. The third kappa shape index (κ3) is 2.40. The molecule has 0 saturated carbocycles. The van der Waals surface area contributed by atoms with E-state index in [0.29, 0.717) is 22.0 Å². The number of thiazole rings is 1. The molecule has 1 aromatic heterocycles. The second kappa shape index (κ2) is 4.91. The van der Waals surface area contributed by atoms with Gasteiger partial charge >= 0.3 is 0 Å². The summed E-state index contributed by atoms with van der Waals surface area (Å²) in [5.74, 6) is -0.339. The summed E-state index contributed by atoms with van der Waals surface area (Å²) in [5, 5.41) is 9.85. The molecule has 16 heavy (non-hydrogen) atoms. The molecule has 0 aliphatic heterocycles. The van der Waals surface area contributed by atoms with E-state index in [0.717, 1.165) is 4.88 Å². The monoisotopic (exact) mass is 257 g/mol. The van der Waals surface area contributed by atoms with Crippen molar-refractivity contribution in [3.8, 4) is 10.6 Å². The Morgan fingerprint density at radius 1 is 1.44 bits per heavy atom. The summed E-state index contributed by atoms with van der Waals surface area (Å²) in [7, 11) is 0. The highest BCUT2D eigenvalue weighted by Gasteiger charge is 2.10. The van der Waals surface area contributed by atoms with Crippen molar-refractivity contribution in [1.82, 2.24) is 4.98 Å². The maximum absolute atomic E-state index is 13.5. The van der Waals surface area contributed by atoms with Gasteiger partial charge in [0, 0.05) is 34.7 Å². The third-order valence-corrected chi connectivity index (χ3v) is 3.40. The van der Waals surface area contributed by atoms with E-state index in [1.807, 2.05) is 0 Å². The lowest BCUT2D eigenvalue weighted by Crippen LogP contribution is -1.84. The fourth-order valence-electron chi connectivity index (χ4n) is 1.32. The summed E-state index contributed by atoms with van der Waals surface area (Å²) in [4.78, 5) is 5.04. The molecule has 0 radical (unpaired) electrons. The number of hydrogen-bond acceptors (Lipinski definition) is 3. The lowest BCUT2D eigenvalue weighted by molar-refractivity contribution is 0.300. The van der Waals surface area contributed by atoms with Crippen LogP contribution in [0.15, 0.2) is 24.4 Å². The standard InChI is InChI=1S/C11H9ClFNOS/c12-7-1-2-10(13)9(5-7)11-14-6-8(16-11)3-4-15/h1-2,5-6,15H,3-4H2. The van der Waals surface area contributed by atoms with Gasteiger partial charge in [0.15, 0.2) is 0 Å². The number of nitrogens with zero attached hydrogens (tertiary/aromatic N) is 1. The Labute approximate surface area is 101 Å². The molecule has 2 nitrogen and oxygen atoms in total. The molecule has 0 aliphatic rings. The summed E-state index contributed by atoms with van der Waals surface area (Å²) in [6, 6.07) is 4.38. The molecule has 1 N–H and O–H groups in total. The zero-order chi connectivity index (χ0) is 11.5. The van der Waals surface area contributed by atoms with Gasteiger partial charge in [0.2, 0.25) is 0 Å². The molecule has 1 heterocycles. The van der Waals surface area contributed by atoms with Crippen LogP contribution < -0.4 is 0 Å². The highest BCUT2D eigenvalue weighted by atomic mass is 35.5. The van der Waals surface area contributed by atoms with Gasteiger partial charge in [-0.1, -0.05) is 11.6 Å². The normalized spacial score (nSPS) is 10.7. The van der Waals surface area contributed by atoms with Gasteiger partial charge in [-0.3, -0.25) is 0 Å². The predicted molar refractivity (Wildman–Crippen MR) is 63.3 cm³/mol. The topological polar surface area (TPSA) is 33.1 Å². The maximum atomic E-state index is 13.5. The zero-order valence-corrected chi connectivity index (χ0v) is 9.85. The van der Waals surface area contributed by atoms with Crippen LogP contribution in [0.4, 0.5) is 4.39 Å². The second-order valence-electron chi connectivity index (χ2n) is 3.23. The molecular formula is C11H9ClFNOS. The van der Waals surface area contributed by atoms with E-state index in [1.54, 1.807) is 12.3 Å². The summed E-state index contributed by atoms with van der Waals surface area (Å²) in [5.41, 5.74) is 0.404. The average molecular weight is 258 g/mol. The number of rotatable bonds is 3. The van der Waals surface area contributed by atoms with Crippen molar-refractivity contribution < 1.29 is 9.50 Å². The molecule has 0 unspecified atom stereocenters. The second-order valence-corrected chi connectivity index (χ2v) is 4.78. The Morgan fingerprint density at radius 3 is 3.00 bits per heavy atom. The van der Waals surface area contributed by atoms with E-state index in [2.05, 4.69) is 4.98 Å². The number of benzene rings is 1. The summed E-state index contributed by atoms with van der Waals surface area (Å²) in [6.07, 6.45) is 2.19. The molecule has 0 amide bonds. The fraction of sp³-hybridized carbons (Fsp3) is 0.182. The van der Waals surface area contributed by atoms with Gasteiger partial charge in [0.1, 0.15) is 10.8 Å². The number of aliphatic hydroxyl groups excluding tert-OH is 1. The minimum Gasteiger partial charge on any atom is -0.396 e. The van der Waals surface area contributed by atoms with Crippen LogP contribution in [-0.2, 0) is 6.42 Å². The van der Waals surface area contributed by atoms with Crippen molar-refractivity contribution in [2.75, 3.05) is 6.61 Å². The molecule has 0 saturated heterocycles. The van der Waals surface area contributed by atoms with E-state index in [1.165, 1.54) is 23.5 Å². The lowest BCUT2D eigenvalue weighted by atomic mass is 10.2. The third-order valence-electron chi connectivity index (χ3n) is 2.07. The molecule has 0 bridgehead atoms. The number of aliphatic hydroxyl groups is 1. The molecule has 2 rings (SSSR count). The van der Waals surface area contributed by atoms with E-state index in [9.17, 15) is 4.39 Å². The Balaban J connectivity index is 2.38. The largest absolute Gasteiger partial charge is 0.396 e. The minimum absolute atomic E-state index is 0.0691. The first-order chi connectivity index (χ1) is 7.70. The van der Waals surface area contributed by atoms with Crippen molar-refractivity contribution in [3.05, 3.63) is 40.1 Å². The SMILES string of the molecule is OCCc1cnc(-c2cc(Cl)ccc2F)s1. The van der Waals surface area contributed by atoms with Crippen LogP contribution in [0, 0.1) is 5.82 Å². The molecule has 5 heteroatoms. The first kappa shape index (κ1) is 11.5. The molecule has 0 fully saturated rings. The summed E-state index contributed by atoms with van der Waals surface area (Å²) in [6.45, 7) is 0.0691. The first-order valence-corrected chi connectivity index (χ1v) is 5.91. The van der Waals surface area contributed by atoms with Gasteiger partial charge < -0.3 is 5.11 Å². The van der Waals surface area contributed by atoms with Gasteiger partial charge in [-0.05, 0) is 18.2 Å². The molecule has 0 spiro atoms. The highest BCUT2D eigenvalue weighted by molar-refractivity contribution is 7.15. The average Bonchev–Trinajstić information content (AvgIpc) is 2.71. The van der Waals surface area contributed by atoms with Crippen molar-refractivity contribution in [1.29, 1.82) is 0 Å². The Bertz CT molecular complexity index is 500. The Hall–Kier alpha value is -0.970. The minimum atomic E-state index is -0.339. The van der Waals surface area contributed by atoms with Crippen LogP contribution >= 0.6 is 22.9 Å².